The van der Waals surface area contributed by atoms with Gasteiger partial charge in [-0.2, -0.15) is 4.39 Å². The fraction of sp³-hybridized carbons (Fsp3) is 0.130. The van der Waals surface area contributed by atoms with E-state index in [0.717, 1.165) is 23.3 Å². The number of ether oxygens (including phenoxy) is 1. The molecular formula is C23H20FN3O5. The van der Waals surface area contributed by atoms with Crippen LogP contribution in [0.4, 0.5) is 20.6 Å². The largest absolute Gasteiger partial charge is 0.445 e. The molecule has 164 valence electrons. The minimum absolute atomic E-state index is 0.0243. The number of carbonyl (C=O) groups is 2. The third-order valence-electron chi connectivity index (χ3n) is 4.51. The van der Waals surface area contributed by atoms with Crippen molar-refractivity contribution in [3.63, 3.8) is 0 Å². The molecule has 0 fully saturated rings. The van der Waals surface area contributed by atoms with Gasteiger partial charge in [0.05, 0.1) is 4.92 Å². The lowest BCUT2D eigenvalue weighted by Gasteiger charge is -2.18. The first-order valence-electron chi connectivity index (χ1n) is 9.68. The van der Waals surface area contributed by atoms with Crippen LogP contribution in [0.2, 0.25) is 0 Å². The topological polar surface area (TPSA) is 111 Å². The summed E-state index contributed by atoms with van der Waals surface area (Å²) in [5.74, 6) is -1.65. The molecule has 0 saturated heterocycles. The highest BCUT2D eigenvalue weighted by Crippen LogP contribution is 2.22. The second-order valence-electron chi connectivity index (χ2n) is 6.86. The van der Waals surface area contributed by atoms with E-state index in [4.69, 9.17) is 4.74 Å². The zero-order chi connectivity index (χ0) is 22.9. The van der Waals surface area contributed by atoms with E-state index in [1.54, 1.807) is 36.4 Å². The van der Waals surface area contributed by atoms with Gasteiger partial charge in [0, 0.05) is 18.2 Å². The molecule has 0 bridgehead atoms. The van der Waals surface area contributed by atoms with Crippen LogP contribution in [0, 0.1) is 15.9 Å². The van der Waals surface area contributed by atoms with Crippen molar-refractivity contribution in [1.29, 1.82) is 0 Å². The third kappa shape index (κ3) is 6.36. The van der Waals surface area contributed by atoms with E-state index in [1.165, 1.54) is 6.07 Å². The number of hydrogen-bond donors (Lipinski definition) is 2. The average molecular weight is 437 g/mol. The molecule has 3 aromatic rings. The van der Waals surface area contributed by atoms with Gasteiger partial charge in [0.1, 0.15) is 12.6 Å². The van der Waals surface area contributed by atoms with Crippen LogP contribution in [0.3, 0.4) is 0 Å². The van der Waals surface area contributed by atoms with Crippen molar-refractivity contribution in [2.24, 2.45) is 0 Å². The first-order valence-corrected chi connectivity index (χ1v) is 9.68. The molecule has 9 heteroatoms. The first kappa shape index (κ1) is 22.4. The van der Waals surface area contributed by atoms with E-state index in [0.29, 0.717) is 0 Å². The predicted octanol–water partition coefficient (Wildman–Crippen LogP) is 4.21. The van der Waals surface area contributed by atoms with E-state index < -0.39 is 34.5 Å². The van der Waals surface area contributed by atoms with E-state index in [9.17, 15) is 24.1 Å². The number of nitro benzene ring substituents is 1. The molecule has 8 nitrogen and oxygen atoms in total. The van der Waals surface area contributed by atoms with Gasteiger partial charge in [0.25, 0.3) is 0 Å². The Balaban J connectivity index is 1.71. The molecule has 0 heterocycles. The van der Waals surface area contributed by atoms with Crippen LogP contribution in [0.15, 0.2) is 78.9 Å². The van der Waals surface area contributed by atoms with Crippen molar-refractivity contribution in [3.05, 3.63) is 106 Å². The van der Waals surface area contributed by atoms with Gasteiger partial charge in [-0.15, -0.1) is 0 Å². The molecule has 2 N–H and O–H groups in total. The van der Waals surface area contributed by atoms with E-state index in [-0.39, 0.29) is 18.7 Å². The molecule has 0 unspecified atom stereocenters. The van der Waals surface area contributed by atoms with Crippen LogP contribution in [0.25, 0.3) is 0 Å². The number of alkyl carbamates (subject to hydrolysis) is 1. The highest BCUT2D eigenvalue weighted by molar-refractivity contribution is 5.97. The minimum atomic E-state index is -1.04. The van der Waals surface area contributed by atoms with Gasteiger partial charge in [-0.25, -0.2) is 4.79 Å². The molecule has 0 aromatic heterocycles. The maximum Gasteiger partial charge on any atom is 0.408 e. The summed E-state index contributed by atoms with van der Waals surface area (Å²) in [6, 6.07) is 20.0. The Morgan fingerprint density at radius 2 is 1.59 bits per heavy atom. The molecule has 1 atom stereocenters. The van der Waals surface area contributed by atoms with Crippen LogP contribution in [0.1, 0.15) is 11.1 Å². The highest BCUT2D eigenvalue weighted by Gasteiger charge is 2.23. The zero-order valence-corrected chi connectivity index (χ0v) is 16.9. The molecule has 0 radical (unpaired) electrons. The molecule has 0 spiro atoms. The number of anilines is 1. The minimum Gasteiger partial charge on any atom is -0.445 e. The van der Waals surface area contributed by atoms with Crippen molar-refractivity contribution in [1.82, 2.24) is 5.32 Å². The van der Waals surface area contributed by atoms with Crippen LogP contribution in [-0.2, 0) is 22.6 Å². The number of nitrogens with zero attached hydrogens (tertiary/aromatic N) is 1. The number of hydrogen-bond acceptors (Lipinski definition) is 5. The lowest BCUT2D eigenvalue weighted by molar-refractivity contribution is -0.387. The fourth-order valence-electron chi connectivity index (χ4n) is 2.93. The monoisotopic (exact) mass is 437 g/mol. The molecule has 0 aliphatic rings. The lowest BCUT2D eigenvalue weighted by Crippen LogP contribution is -2.45. The van der Waals surface area contributed by atoms with Crippen LogP contribution in [0.5, 0.6) is 0 Å². The number of amides is 2. The normalized spacial score (nSPS) is 11.3. The fourth-order valence-corrected chi connectivity index (χ4v) is 2.93. The Morgan fingerprint density at radius 3 is 2.22 bits per heavy atom. The van der Waals surface area contributed by atoms with E-state index in [2.05, 4.69) is 10.6 Å². The molecule has 3 rings (SSSR count). The molecule has 2 amide bonds. The molecule has 0 saturated carbocycles. The Kier molecular flexibility index (Phi) is 7.47. The second-order valence-corrected chi connectivity index (χ2v) is 6.86. The number of benzene rings is 3. The van der Waals surface area contributed by atoms with Crippen molar-refractivity contribution >= 4 is 23.4 Å². The number of rotatable bonds is 8. The summed E-state index contributed by atoms with van der Waals surface area (Å²) < 4.78 is 18.8. The number of nitrogens with one attached hydrogen (secondary N) is 2. The van der Waals surface area contributed by atoms with Crippen molar-refractivity contribution in [2.75, 3.05) is 5.32 Å². The quantitative estimate of drug-likeness (QED) is 0.405. The summed E-state index contributed by atoms with van der Waals surface area (Å²) in [7, 11) is 0. The molecule has 32 heavy (non-hydrogen) atoms. The molecule has 0 aliphatic carbocycles. The van der Waals surface area contributed by atoms with Crippen LogP contribution >= 0.6 is 0 Å². The van der Waals surface area contributed by atoms with E-state index in [1.807, 2.05) is 24.3 Å². The van der Waals surface area contributed by atoms with Crippen molar-refractivity contribution in [2.45, 2.75) is 19.1 Å². The van der Waals surface area contributed by atoms with Gasteiger partial charge < -0.3 is 15.4 Å². The summed E-state index contributed by atoms with van der Waals surface area (Å²) >= 11 is 0. The van der Waals surface area contributed by atoms with Crippen molar-refractivity contribution in [3.8, 4) is 0 Å². The predicted molar refractivity (Wildman–Crippen MR) is 115 cm³/mol. The molecule has 3 aromatic carbocycles. The summed E-state index contributed by atoms with van der Waals surface area (Å²) in [6.07, 6.45) is -0.647. The van der Waals surface area contributed by atoms with Crippen molar-refractivity contribution < 1.29 is 23.6 Å². The third-order valence-corrected chi connectivity index (χ3v) is 4.51. The van der Waals surface area contributed by atoms with Gasteiger partial charge in [0.15, 0.2) is 0 Å². The van der Waals surface area contributed by atoms with Gasteiger partial charge in [-0.05, 0) is 23.3 Å². The molecule has 0 aliphatic heterocycles. The standard InChI is InChI=1S/C23H20FN3O5/c24-19-12-11-18(14-21(19)27(30)31)25-22(28)20(13-16-7-3-1-4-8-16)26-23(29)32-15-17-9-5-2-6-10-17/h1-12,14,20H,13,15H2,(H,25,28)(H,26,29)/t20-/m0/s1. The van der Waals surface area contributed by atoms with Gasteiger partial charge in [-0.3, -0.25) is 14.9 Å². The Bertz CT molecular complexity index is 1090. The Morgan fingerprint density at radius 1 is 0.969 bits per heavy atom. The van der Waals surface area contributed by atoms with Gasteiger partial charge in [0.2, 0.25) is 11.7 Å². The Labute approximate surface area is 183 Å². The van der Waals surface area contributed by atoms with E-state index >= 15 is 0 Å². The lowest BCUT2D eigenvalue weighted by atomic mass is 10.1. The summed E-state index contributed by atoms with van der Waals surface area (Å²) in [6.45, 7) is 0.0243. The Hall–Kier alpha value is -4.27. The zero-order valence-electron chi connectivity index (χ0n) is 16.9. The second kappa shape index (κ2) is 10.7. The van der Waals surface area contributed by atoms with Crippen LogP contribution in [-0.4, -0.2) is 23.0 Å². The number of carbonyl (C=O) groups excluding carboxylic acids is 2. The summed E-state index contributed by atoms with van der Waals surface area (Å²) in [4.78, 5) is 35.2. The summed E-state index contributed by atoms with van der Waals surface area (Å²) in [5, 5.41) is 16.0. The first-order chi connectivity index (χ1) is 15.4. The van der Waals surface area contributed by atoms with Crippen LogP contribution < -0.4 is 10.6 Å². The SMILES string of the molecule is O=C(N[C@@H](Cc1ccccc1)C(=O)Nc1ccc(F)c([N+](=O)[O-])c1)OCc1ccccc1. The maximum absolute atomic E-state index is 13.6. The number of halogens is 1. The maximum atomic E-state index is 13.6. The molecular weight excluding hydrogens is 417 g/mol. The smallest absolute Gasteiger partial charge is 0.408 e. The van der Waals surface area contributed by atoms with Gasteiger partial charge >= 0.3 is 11.8 Å². The highest BCUT2D eigenvalue weighted by atomic mass is 19.1. The number of nitro groups is 1. The summed E-state index contributed by atoms with van der Waals surface area (Å²) in [5.41, 5.74) is 0.824. The average Bonchev–Trinajstić information content (AvgIpc) is 2.79. The van der Waals surface area contributed by atoms with Gasteiger partial charge in [-0.1, -0.05) is 60.7 Å².